The van der Waals surface area contributed by atoms with E-state index in [2.05, 4.69) is 52.9 Å². The predicted octanol–water partition coefficient (Wildman–Crippen LogP) is 4.54. The molecule has 0 aromatic heterocycles. The Balaban J connectivity index is 2.28. The van der Waals surface area contributed by atoms with Gasteiger partial charge < -0.3 is 0 Å². The van der Waals surface area contributed by atoms with E-state index in [1.54, 1.807) is 0 Å². The maximum Gasteiger partial charge on any atom is 0.0442 e. The summed E-state index contributed by atoms with van der Waals surface area (Å²) in [4.78, 5) is 0. The van der Waals surface area contributed by atoms with Crippen molar-refractivity contribution < 1.29 is 0 Å². The van der Waals surface area contributed by atoms with Crippen LogP contribution < -0.4 is 0 Å². The van der Waals surface area contributed by atoms with Crippen molar-refractivity contribution in [2.75, 3.05) is 0 Å². The topological polar surface area (TPSA) is 0 Å². The summed E-state index contributed by atoms with van der Waals surface area (Å²) < 4.78 is 1.22. The van der Waals surface area contributed by atoms with Crippen molar-refractivity contribution in [2.45, 2.75) is 6.42 Å². The van der Waals surface area contributed by atoms with Crippen LogP contribution in [-0.4, -0.2) is 0 Å². The largest absolute Gasteiger partial charge is 0.0840 e. The summed E-state index contributed by atoms with van der Waals surface area (Å²) in [6, 6.07) is 16.5. The Morgan fingerprint density at radius 1 is 1.00 bits per heavy atom. The number of hydrogen-bond acceptors (Lipinski definition) is 0. The first-order chi connectivity index (χ1) is 7.25. The molecule has 0 aliphatic carbocycles. The lowest BCUT2D eigenvalue weighted by molar-refractivity contribution is 1.19. The van der Waals surface area contributed by atoms with Crippen LogP contribution in [0.25, 0.3) is 0 Å². The molecule has 2 heteroatoms. The predicted molar refractivity (Wildman–Crippen MR) is 73.4 cm³/mol. The summed E-state index contributed by atoms with van der Waals surface area (Å²) >= 11 is 8.45. The van der Waals surface area contributed by atoms with Gasteiger partial charge >= 0.3 is 0 Å². The second kappa shape index (κ2) is 4.99. The molecule has 0 aliphatic rings. The van der Waals surface area contributed by atoms with Crippen molar-refractivity contribution in [3.05, 3.63) is 68.3 Å². The molecule has 2 aromatic carbocycles. The van der Waals surface area contributed by atoms with Gasteiger partial charge in [-0.2, -0.15) is 0 Å². The molecule has 0 atom stereocenters. The Bertz CT molecular complexity index is 451. The number of benzene rings is 2. The quantitative estimate of drug-likeness (QED) is 0.710. The Kier molecular flexibility index (Phi) is 3.65. The molecule has 0 unspecified atom stereocenters. The molecule has 0 N–H and O–H groups in total. The van der Waals surface area contributed by atoms with Crippen molar-refractivity contribution in [3.63, 3.8) is 0 Å². The molecule has 76 valence electrons. The molecule has 2 rings (SSSR count). The zero-order valence-corrected chi connectivity index (χ0v) is 11.0. The highest BCUT2D eigenvalue weighted by Gasteiger charge is 2.01. The van der Waals surface area contributed by atoms with E-state index in [9.17, 15) is 0 Å². The van der Waals surface area contributed by atoms with Crippen molar-refractivity contribution >= 4 is 34.2 Å². The highest BCUT2D eigenvalue weighted by Crippen LogP contribution is 2.21. The average molecular weight is 329 g/mol. The third-order valence-electron chi connectivity index (χ3n) is 2.25. The van der Waals surface area contributed by atoms with Crippen LogP contribution >= 0.6 is 34.2 Å². The van der Waals surface area contributed by atoms with Gasteiger partial charge in [0.1, 0.15) is 0 Å². The minimum absolute atomic E-state index is 0.847. The van der Waals surface area contributed by atoms with Crippen molar-refractivity contribution in [1.82, 2.24) is 0 Å². The first kappa shape index (κ1) is 11.0. The van der Waals surface area contributed by atoms with E-state index in [1.807, 2.05) is 18.2 Å². The standard InChI is InChI=1S/C13H10ClI/c14-13-7-6-12(15)9-11(13)8-10-4-2-1-3-5-10/h1-7,9H,8H2. The fraction of sp³-hybridized carbons (Fsp3) is 0.0769. The van der Waals surface area contributed by atoms with E-state index in [1.165, 1.54) is 14.7 Å². The van der Waals surface area contributed by atoms with Gasteiger partial charge in [-0.3, -0.25) is 0 Å². The second-order valence-corrected chi connectivity index (χ2v) is 5.05. The monoisotopic (exact) mass is 328 g/mol. The van der Waals surface area contributed by atoms with Crippen LogP contribution in [-0.2, 0) is 6.42 Å². The Morgan fingerprint density at radius 3 is 2.47 bits per heavy atom. The zero-order chi connectivity index (χ0) is 10.7. The molecule has 15 heavy (non-hydrogen) atoms. The van der Waals surface area contributed by atoms with Gasteiger partial charge in [-0.1, -0.05) is 41.9 Å². The Hall–Kier alpha value is -0.540. The van der Waals surface area contributed by atoms with Gasteiger partial charge in [0.15, 0.2) is 0 Å². The number of rotatable bonds is 2. The van der Waals surface area contributed by atoms with Crippen molar-refractivity contribution in [3.8, 4) is 0 Å². The van der Waals surface area contributed by atoms with E-state index in [-0.39, 0.29) is 0 Å². The van der Waals surface area contributed by atoms with Crippen LogP contribution in [0.1, 0.15) is 11.1 Å². The molecule has 0 fully saturated rings. The molecule has 0 aliphatic heterocycles. The average Bonchev–Trinajstić information content (AvgIpc) is 2.25. The first-order valence-corrected chi connectivity index (χ1v) is 6.19. The van der Waals surface area contributed by atoms with E-state index >= 15 is 0 Å². The maximum atomic E-state index is 6.14. The van der Waals surface area contributed by atoms with Crippen LogP contribution in [0, 0.1) is 3.57 Å². The van der Waals surface area contributed by atoms with Gasteiger partial charge in [-0.25, -0.2) is 0 Å². The molecular formula is C13H10ClI. The van der Waals surface area contributed by atoms with Crippen LogP contribution in [0.15, 0.2) is 48.5 Å². The molecule has 0 saturated carbocycles. The lowest BCUT2D eigenvalue weighted by Gasteiger charge is -2.05. The van der Waals surface area contributed by atoms with Gasteiger partial charge in [0.05, 0.1) is 0 Å². The zero-order valence-electron chi connectivity index (χ0n) is 8.08. The molecule has 0 bridgehead atoms. The lowest BCUT2D eigenvalue weighted by Crippen LogP contribution is -1.89. The summed E-state index contributed by atoms with van der Waals surface area (Å²) in [6.07, 6.45) is 0.899. The normalized spacial score (nSPS) is 10.3. The van der Waals surface area contributed by atoms with Gasteiger partial charge in [-0.15, -0.1) is 0 Å². The van der Waals surface area contributed by atoms with Gasteiger partial charge in [0, 0.05) is 8.59 Å². The maximum absolute atomic E-state index is 6.14. The second-order valence-electron chi connectivity index (χ2n) is 3.40. The Labute approximate surface area is 108 Å². The molecule has 0 nitrogen and oxygen atoms in total. The van der Waals surface area contributed by atoms with E-state index in [0.29, 0.717) is 0 Å². The number of hydrogen-bond donors (Lipinski definition) is 0. The fourth-order valence-corrected chi connectivity index (χ4v) is 2.23. The molecule has 0 amide bonds. The first-order valence-electron chi connectivity index (χ1n) is 4.73. The van der Waals surface area contributed by atoms with Crippen LogP contribution in [0.5, 0.6) is 0 Å². The summed E-state index contributed by atoms with van der Waals surface area (Å²) in [7, 11) is 0. The molecule has 0 saturated heterocycles. The van der Waals surface area contributed by atoms with Crippen LogP contribution in [0.3, 0.4) is 0 Å². The lowest BCUT2D eigenvalue weighted by atomic mass is 10.1. The summed E-state index contributed by atoms with van der Waals surface area (Å²) in [5.41, 5.74) is 2.48. The van der Waals surface area contributed by atoms with Crippen molar-refractivity contribution in [1.29, 1.82) is 0 Å². The third-order valence-corrected chi connectivity index (χ3v) is 3.28. The highest BCUT2D eigenvalue weighted by atomic mass is 127. The fourth-order valence-electron chi connectivity index (χ4n) is 1.49. The molecule has 2 aromatic rings. The van der Waals surface area contributed by atoms with Gasteiger partial charge in [-0.05, 0) is 58.3 Å². The Morgan fingerprint density at radius 2 is 1.73 bits per heavy atom. The molecule has 0 radical (unpaired) electrons. The van der Waals surface area contributed by atoms with Crippen LogP contribution in [0.4, 0.5) is 0 Å². The summed E-state index contributed by atoms with van der Waals surface area (Å²) in [5, 5.41) is 0.847. The van der Waals surface area contributed by atoms with Gasteiger partial charge in [0.2, 0.25) is 0 Å². The minimum atomic E-state index is 0.847. The highest BCUT2D eigenvalue weighted by molar-refractivity contribution is 14.1. The summed E-state index contributed by atoms with van der Waals surface area (Å²) in [6.45, 7) is 0. The molecule has 0 spiro atoms. The summed E-state index contributed by atoms with van der Waals surface area (Å²) in [5.74, 6) is 0. The minimum Gasteiger partial charge on any atom is -0.0840 e. The smallest absolute Gasteiger partial charge is 0.0442 e. The molecule has 0 heterocycles. The molecular weight excluding hydrogens is 319 g/mol. The van der Waals surface area contributed by atoms with Crippen molar-refractivity contribution in [2.24, 2.45) is 0 Å². The number of halogens is 2. The van der Waals surface area contributed by atoms with E-state index < -0.39 is 0 Å². The van der Waals surface area contributed by atoms with Crippen LogP contribution in [0.2, 0.25) is 5.02 Å². The van der Waals surface area contributed by atoms with E-state index in [4.69, 9.17) is 11.6 Å². The van der Waals surface area contributed by atoms with E-state index in [0.717, 1.165) is 11.4 Å². The SMILES string of the molecule is Clc1ccc(I)cc1Cc1ccccc1. The van der Waals surface area contributed by atoms with Gasteiger partial charge in [0.25, 0.3) is 0 Å². The third kappa shape index (κ3) is 2.95.